The van der Waals surface area contributed by atoms with Crippen LogP contribution in [0.2, 0.25) is 0 Å². The summed E-state index contributed by atoms with van der Waals surface area (Å²) in [6.45, 7) is 2.60. The van der Waals surface area contributed by atoms with Crippen molar-refractivity contribution in [1.29, 1.82) is 0 Å². The molecule has 5 heteroatoms. The predicted octanol–water partition coefficient (Wildman–Crippen LogP) is 1.59. The highest BCUT2D eigenvalue weighted by Crippen LogP contribution is 2.14. The number of nitrogens with two attached hydrogens (primary N) is 1. The van der Waals surface area contributed by atoms with Crippen molar-refractivity contribution in [3.05, 3.63) is 29.8 Å². The third kappa shape index (κ3) is 5.00. The first-order chi connectivity index (χ1) is 10.7. The number of carbonyl (C=O) groups is 1. The summed E-state index contributed by atoms with van der Waals surface area (Å²) in [4.78, 5) is 14.2. The van der Waals surface area contributed by atoms with Crippen LogP contribution in [0.3, 0.4) is 0 Å². The number of benzene rings is 1. The third-order valence-corrected chi connectivity index (χ3v) is 4.00. The fraction of sp³-hybridized carbons (Fsp3) is 0.588. The van der Waals surface area contributed by atoms with Gasteiger partial charge in [0, 0.05) is 19.5 Å². The molecule has 0 aliphatic carbocycles. The van der Waals surface area contributed by atoms with Crippen molar-refractivity contribution in [1.82, 2.24) is 4.90 Å². The lowest BCUT2D eigenvalue weighted by Crippen LogP contribution is -2.46. The number of amides is 1. The topological polar surface area (TPSA) is 64.8 Å². The van der Waals surface area contributed by atoms with Gasteiger partial charge in [0.25, 0.3) is 0 Å². The average molecular weight is 306 g/mol. The lowest BCUT2D eigenvalue weighted by Gasteiger charge is -2.33. The highest BCUT2D eigenvalue weighted by atomic mass is 16.5. The van der Waals surface area contributed by atoms with Crippen molar-refractivity contribution < 1.29 is 14.3 Å². The van der Waals surface area contributed by atoms with E-state index in [9.17, 15) is 4.79 Å². The van der Waals surface area contributed by atoms with Crippen LogP contribution in [0.5, 0.6) is 5.75 Å². The number of hydrogen-bond donors (Lipinski definition) is 1. The van der Waals surface area contributed by atoms with Gasteiger partial charge in [-0.1, -0.05) is 12.1 Å². The van der Waals surface area contributed by atoms with Crippen LogP contribution in [0.4, 0.5) is 0 Å². The van der Waals surface area contributed by atoms with Crippen LogP contribution in [-0.4, -0.2) is 50.3 Å². The summed E-state index contributed by atoms with van der Waals surface area (Å²) in [5.41, 5.74) is 6.79. The maximum absolute atomic E-state index is 12.3. The van der Waals surface area contributed by atoms with Crippen LogP contribution < -0.4 is 10.5 Å². The second kappa shape index (κ2) is 8.76. The van der Waals surface area contributed by atoms with Crippen LogP contribution >= 0.6 is 0 Å². The summed E-state index contributed by atoms with van der Waals surface area (Å²) in [7, 11) is 1.66. The fourth-order valence-electron chi connectivity index (χ4n) is 2.70. The van der Waals surface area contributed by atoms with Gasteiger partial charge in [-0.15, -0.1) is 0 Å². The Hall–Kier alpha value is -1.59. The lowest BCUT2D eigenvalue weighted by molar-refractivity contribution is -0.139. The minimum atomic E-state index is 0.101. The Balaban J connectivity index is 1.72. The first-order valence-electron chi connectivity index (χ1n) is 7.95. The predicted molar refractivity (Wildman–Crippen MR) is 85.9 cm³/mol. The third-order valence-electron chi connectivity index (χ3n) is 4.00. The molecule has 1 aliphatic heterocycles. The zero-order valence-corrected chi connectivity index (χ0v) is 13.3. The summed E-state index contributed by atoms with van der Waals surface area (Å²) in [6.07, 6.45) is 3.28. The van der Waals surface area contributed by atoms with E-state index in [1.807, 2.05) is 17.0 Å². The van der Waals surface area contributed by atoms with Crippen molar-refractivity contribution in [3.8, 4) is 5.75 Å². The second-order valence-electron chi connectivity index (χ2n) is 5.61. The molecular formula is C17H26N2O3. The largest absolute Gasteiger partial charge is 0.497 e. The average Bonchev–Trinajstić information content (AvgIpc) is 2.56. The summed E-state index contributed by atoms with van der Waals surface area (Å²) >= 11 is 0. The van der Waals surface area contributed by atoms with E-state index in [1.165, 1.54) is 5.56 Å². The molecule has 1 aliphatic rings. The molecule has 1 fully saturated rings. The number of nitrogens with zero attached hydrogens (tertiary/aromatic N) is 1. The molecule has 0 radical (unpaired) electrons. The molecule has 0 bridgehead atoms. The summed E-state index contributed by atoms with van der Waals surface area (Å²) < 4.78 is 10.7. The van der Waals surface area contributed by atoms with Gasteiger partial charge in [0.2, 0.25) is 5.91 Å². The van der Waals surface area contributed by atoms with Gasteiger partial charge >= 0.3 is 0 Å². The molecule has 1 aromatic carbocycles. The molecule has 0 spiro atoms. The number of aryl methyl sites for hydroxylation is 1. The van der Waals surface area contributed by atoms with Gasteiger partial charge in [0.05, 0.1) is 19.8 Å². The Bertz CT molecular complexity index is 459. The van der Waals surface area contributed by atoms with Crippen molar-refractivity contribution in [2.45, 2.75) is 31.8 Å². The first-order valence-corrected chi connectivity index (χ1v) is 7.95. The second-order valence-corrected chi connectivity index (χ2v) is 5.61. The first kappa shape index (κ1) is 16.8. The van der Waals surface area contributed by atoms with E-state index >= 15 is 0 Å². The molecule has 1 aromatic rings. The van der Waals surface area contributed by atoms with Crippen molar-refractivity contribution in [2.24, 2.45) is 5.73 Å². The number of rotatable bonds is 7. The Morgan fingerprint density at radius 1 is 1.41 bits per heavy atom. The van der Waals surface area contributed by atoms with E-state index in [4.69, 9.17) is 15.2 Å². The molecule has 1 amide bonds. The summed E-state index contributed by atoms with van der Waals surface area (Å²) in [5, 5.41) is 0. The molecule has 1 heterocycles. The molecule has 22 heavy (non-hydrogen) atoms. The Labute approximate surface area is 132 Å². The standard InChI is InChI=1S/C17H26N2O3/c1-21-15-7-5-14(6-8-15)3-2-4-17(20)19-11-12-22-16(13-19)9-10-18/h5-8,16H,2-4,9-13,18H2,1H3/t16-/m0/s1. The molecule has 0 aromatic heterocycles. The highest BCUT2D eigenvalue weighted by Gasteiger charge is 2.23. The number of methoxy groups -OCH3 is 1. The molecular weight excluding hydrogens is 280 g/mol. The SMILES string of the molecule is COc1ccc(CCCC(=O)N2CCO[C@@H](CCN)C2)cc1. The van der Waals surface area contributed by atoms with E-state index in [2.05, 4.69) is 12.1 Å². The van der Waals surface area contributed by atoms with Crippen LogP contribution in [0, 0.1) is 0 Å². The summed E-state index contributed by atoms with van der Waals surface area (Å²) in [5.74, 6) is 1.08. The minimum absolute atomic E-state index is 0.101. The number of hydrogen-bond acceptors (Lipinski definition) is 4. The molecule has 2 rings (SSSR count). The van der Waals surface area contributed by atoms with Gasteiger partial charge < -0.3 is 20.1 Å². The molecule has 5 nitrogen and oxygen atoms in total. The monoisotopic (exact) mass is 306 g/mol. The van der Waals surface area contributed by atoms with E-state index < -0.39 is 0 Å². The van der Waals surface area contributed by atoms with Crippen LogP contribution in [0.1, 0.15) is 24.8 Å². The van der Waals surface area contributed by atoms with Gasteiger partial charge in [-0.25, -0.2) is 0 Å². The maximum Gasteiger partial charge on any atom is 0.222 e. The van der Waals surface area contributed by atoms with Crippen molar-refractivity contribution in [2.75, 3.05) is 33.4 Å². The Kier molecular flexibility index (Phi) is 6.68. The zero-order valence-electron chi connectivity index (χ0n) is 13.3. The van der Waals surface area contributed by atoms with Crippen molar-refractivity contribution >= 4 is 5.91 Å². The van der Waals surface area contributed by atoms with Crippen LogP contribution in [-0.2, 0) is 16.0 Å². The lowest BCUT2D eigenvalue weighted by atomic mass is 10.1. The molecule has 2 N–H and O–H groups in total. The molecule has 0 saturated carbocycles. The van der Waals surface area contributed by atoms with Crippen LogP contribution in [0.25, 0.3) is 0 Å². The Morgan fingerprint density at radius 2 is 2.18 bits per heavy atom. The van der Waals surface area contributed by atoms with Gasteiger partial charge in [-0.05, 0) is 43.5 Å². The highest BCUT2D eigenvalue weighted by molar-refractivity contribution is 5.76. The van der Waals surface area contributed by atoms with Crippen LogP contribution in [0.15, 0.2) is 24.3 Å². The quantitative estimate of drug-likeness (QED) is 0.831. The molecule has 122 valence electrons. The fourth-order valence-corrected chi connectivity index (χ4v) is 2.70. The molecule has 1 saturated heterocycles. The maximum atomic E-state index is 12.3. The van der Waals surface area contributed by atoms with E-state index in [0.29, 0.717) is 32.7 Å². The smallest absolute Gasteiger partial charge is 0.222 e. The van der Waals surface area contributed by atoms with Gasteiger partial charge in [-0.3, -0.25) is 4.79 Å². The zero-order chi connectivity index (χ0) is 15.8. The van der Waals surface area contributed by atoms with Gasteiger partial charge in [-0.2, -0.15) is 0 Å². The van der Waals surface area contributed by atoms with E-state index in [-0.39, 0.29) is 12.0 Å². The summed E-state index contributed by atoms with van der Waals surface area (Å²) in [6, 6.07) is 8.01. The number of carbonyl (C=O) groups excluding carboxylic acids is 1. The van der Waals surface area contributed by atoms with E-state index in [0.717, 1.165) is 25.0 Å². The normalized spacial score (nSPS) is 18.3. The Morgan fingerprint density at radius 3 is 2.86 bits per heavy atom. The minimum Gasteiger partial charge on any atom is -0.497 e. The van der Waals surface area contributed by atoms with E-state index in [1.54, 1.807) is 7.11 Å². The number of ether oxygens (including phenoxy) is 2. The number of morpholine rings is 1. The van der Waals surface area contributed by atoms with Gasteiger partial charge in [0.1, 0.15) is 5.75 Å². The molecule has 0 unspecified atom stereocenters. The van der Waals surface area contributed by atoms with Crippen molar-refractivity contribution in [3.63, 3.8) is 0 Å². The molecule has 1 atom stereocenters. The van der Waals surface area contributed by atoms with Gasteiger partial charge in [0.15, 0.2) is 0 Å².